The molecule has 0 aliphatic heterocycles. The zero-order chi connectivity index (χ0) is 16.5. The van der Waals surface area contributed by atoms with Crippen LogP contribution in [-0.2, 0) is 0 Å². The van der Waals surface area contributed by atoms with Crippen LogP contribution in [0.25, 0.3) is 0 Å². The molecule has 0 radical (unpaired) electrons. The maximum atomic E-state index is 9.97. The molecular formula is C19H32O3. The molecule has 0 saturated heterocycles. The zero-order valence-corrected chi connectivity index (χ0v) is 14.3. The van der Waals surface area contributed by atoms with Crippen LogP contribution in [-0.4, -0.2) is 34.6 Å². The van der Waals surface area contributed by atoms with Gasteiger partial charge in [0, 0.05) is 0 Å². The molecule has 0 amide bonds. The van der Waals surface area contributed by atoms with E-state index in [1.807, 2.05) is 0 Å². The third-order valence-electron chi connectivity index (χ3n) is 6.74. The molecule has 3 N–H and O–H groups in total. The molecule has 2 saturated carbocycles. The lowest BCUT2D eigenvalue weighted by molar-refractivity contribution is -0.0183. The minimum Gasteiger partial charge on any atom is -0.393 e. The normalized spacial score (nSPS) is 41.2. The maximum Gasteiger partial charge on any atom is 0.100 e. The summed E-state index contributed by atoms with van der Waals surface area (Å²) >= 11 is 0. The first-order valence-electron chi connectivity index (χ1n) is 8.59. The Kier molecular flexibility index (Phi) is 5.20. The summed E-state index contributed by atoms with van der Waals surface area (Å²) in [6.07, 6.45) is 6.87. The molecular weight excluding hydrogens is 276 g/mol. The van der Waals surface area contributed by atoms with Crippen molar-refractivity contribution in [2.24, 2.45) is 22.7 Å². The Bertz CT molecular complexity index is 456. The van der Waals surface area contributed by atoms with E-state index < -0.39 is 6.10 Å². The highest BCUT2D eigenvalue weighted by Gasteiger charge is 2.53. The van der Waals surface area contributed by atoms with Crippen LogP contribution in [0.4, 0.5) is 0 Å². The first-order valence-corrected chi connectivity index (χ1v) is 8.59. The van der Waals surface area contributed by atoms with Crippen LogP contribution in [0.5, 0.6) is 0 Å². The lowest BCUT2D eigenvalue weighted by Gasteiger charge is -2.58. The molecule has 0 spiro atoms. The summed E-state index contributed by atoms with van der Waals surface area (Å²) in [6, 6.07) is 0. The number of fused-ring (bicyclic) bond motifs is 1. The van der Waals surface area contributed by atoms with Crippen molar-refractivity contribution in [2.75, 3.05) is 13.2 Å². The van der Waals surface area contributed by atoms with Crippen LogP contribution in [0.2, 0.25) is 0 Å². The Hall–Kier alpha value is -0.640. The number of hydrogen-bond donors (Lipinski definition) is 3. The molecule has 0 aromatic rings. The highest BCUT2D eigenvalue weighted by Crippen LogP contribution is 2.62. The lowest BCUT2D eigenvalue weighted by Crippen LogP contribution is -2.49. The largest absolute Gasteiger partial charge is 0.393 e. The van der Waals surface area contributed by atoms with Gasteiger partial charge in [0.1, 0.15) is 6.10 Å². The Labute approximate surface area is 134 Å². The molecule has 0 aromatic carbocycles. The number of aliphatic hydroxyl groups is 3. The Balaban J connectivity index is 2.44. The Morgan fingerprint density at radius 3 is 2.64 bits per heavy atom. The molecule has 3 nitrogen and oxygen atoms in total. The van der Waals surface area contributed by atoms with Gasteiger partial charge in [-0.25, -0.2) is 0 Å². The summed E-state index contributed by atoms with van der Waals surface area (Å²) in [5, 5.41) is 28.8. The minimum absolute atomic E-state index is 0.0788. The maximum absolute atomic E-state index is 9.97. The SMILES string of the molecule is C=C1CCCC2[C@@]1(C)CC[C@@H](C)[C@]2(C)/C=C(\CO)C(O)CO. The van der Waals surface area contributed by atoms with Gasteiger partial charge in [0.05, 0.1) is 13.2 Å². The number of aliphatic hydroxyl groups excluding tert-OH is 3. The van der Waals surface area contributed by atoms with Crippen molar-refractivity contribution in [3.8, 4) is 0 Å². The van der Waals surface area contributed by atoms with Crippen LogP contribution in [0.15, 0.2) is 23.8 Å². The van der Waals surface area contributed by atoms with Crippen molar-refractivity contribution in [1.29, 1.82) is 0 Å². The smallest absolute Gasteiger partial charge is 0.100 e. The third-order valence-corrected chi connectivity index (χ3v) is 6.74. The van der Waals surface area contributed by atoms with Gasteiger partial charge < -0.3 is 15.3 Å². The molecule has 0 aromatic heterocycles. The monoisotopic (exact) mass is 308 g/mol. The van der Waals surface area contributed by atoms with Crippen LogP contribution < -0.4 is 0 Å². The van der Waals surface area contributed by atoms with Gasteiger partial charge in [0.25, 0.3) is 0 Å². The van der Waals surface area contributed by atoms with E-state index in [0.29, 0.717) is 17.4 Å². The van der Waals surface area contributed by atoms with E-state index >= 15 is 0 Å². The average molecular weight is 308 g/mol. The van der Waals surface area contributed by atoms with Crippen molar-refractivity contribution < 1.29 is 15.3 Å². The van der Waals surface area contributed by atoms with Crippen LogP contribution >= 0.6 is 0 Å². The van der Waals surface area contributed by atoms with Gasteiger partial charge >= 0.3 is 0 Å². The van der Waals surface area contributed by atoms with Gasteiger partial charge in [-0.2, -0.15) is 0 Å². The summed E-state index contributed by atoms with van der Waals surface area (Å²) in [7, 11) is 0. The van der Waals surface area contributed by atoms with Crippen molar-refractivity contribution >= 4 is 0 Å². The van der Waals surface area contributed by atoms with Crippen molar-refractivity contribution in [3.63, 3.8) is 0 Å². The van der Waals surface area contributed by atoms with E-state index in [4.69, 9.17) is 0 Å². The van der Waals surface area contributed by atoms with E-state index in [0.717, 1.165) is 12.8 Å². The number of allylic oxidation sites excluding steroid dienone is 2. The fourth-order valence-electron chi connectivity index (χ4n) is 4.90. The van der Waals surface area contributed by atoms with Crippen molar-refractivity contribution in [3.05, 3.63) is 23.8 Å². The molecule has 2 fully saturated rings. The van der Waals surface area contributed by atoms with Gasteiger partial charge in [-0.3, -0.25) is 0 Å². The van der Waals surface area contributed by atoms with Crippen LogP contribution in [0, 0.1) is 22.7 Å². The number of rotatable bonds is 4. The van der Waals surface area contributed by atoms with Crippen LogP contribution in [0.3, 0.4) is 0 Å². The van der Waals surface area contributed by atoms with Gasteiger partial charge in [0.15, 0.2) is 0 Å². The van der Waals surface area contributed by atoms with Crippen molar-refractivity contribution in [1.82, 2.24) is 0 Å². The Morgan fingerprint density at radius 2 is 2.05 bits per heavy atom. The first-order chi connectivity index (χ1) is 10.3. The van der Waals surface area contributed by atoms with Gasteiger partial charge in [0.2, 0.25) is 0 Å². The second kappa shape index (κ2) is 6.46. The summed E-state index contributed by atoms with van der Waals surface area (Å²) in [6.45, 7) is 10.7. The fraction of sp³-hybridized carbons (Fsp3) is 0.789. The van der Waals surface area contributed by atoms with Crippen LogP contribution in [0.1, 0.15) is 52.9 Å². The zero-order valence-electron chi connectivity index (χ0n) is 14.3. The van der Waals surface area contributed by atoms with Gasteiger partial charge in [-0.05, 0) is 60.3 Å². The predicted molar refractivity (Wildman–Crippen MR) is 89.4 cm³/mol. The summed E-state index contributed by atoms with van der Waals surface area (Å²) < 4.78 is 0. The molecule has 2 aliphatic rings. The van der Waals surface area contributed by atoms with E-state index in [1.54, 1.807) is 0 Å². The first kappa shape index (κ1) is 17.7. The van der Waals surface area contributed by atoms with Gasteiger partial charge in [-0.1, -0.05) is 39.0 Å². The highest BCUT2D eigenvalue weighted by atomic mass is 16.3. The standard InChI is InChI=1S/C19H32O3/c1-13-6-5-7-17-18(13,3)9-8-14(2)19(17,4)10-15(11-20)16(22)12-21/h10,14,16-17,20-22H,1,5-9,11-12H2,2-4H3/b15-10+/t14-,16?,17?,18+,19+/m1/s1. The molecule has 2 aliphatic carbocycles. The second-order valence-corrected chi connectivity index (χ2v) is 7.85. The molecule has 2 rings (SSSR count). The summed E-state index contributed by atoms with van der Waals surface area (Å²) in [5.41, 5.74) is 1.99. The third kappa shape index (κ3) is 2.79. The Morgan fingerprint density at radius 1 is 1.36 bits per heavy atom. The quantitative estimate of drug-likeness (QED) is 0.700. The predicted octanol–water partition coefficient (Wildman–Crippen LogP) is 3.06. The molecule has 2 unspecified atom stereocenters. The topological polar surface area (TPSA) is 60.7 Å². The summed E-state index contributed by atoms with van der Waals surface area (Å²) in [5.74, 6) is 0.973. The molecule has 126 valence electrons. The highest BCUT2D eigenvalue weighted by molar-refractivity contribution is 5.25. The van der Waals surface area contributed by atoms with E-state index in [2.05, 4.69) is 33.4 Å². The number of hydrogen-bond acceptors (Lipinski definition) is 3. The lowest BCUT2D eigenvalue weighted by atomic mass is 9.47. The molecule has 5 atom stereocenters. The molecule has 3 heteroatoms. The molecule has 0 heterocycles. The van der Waals surface area contributed by atoms with E-state index in [1.165, 1.54) is 24.8 Å². The summed E-state index contributed by atoms with van der Waals surface area (Å²) in [4.78, 5) is 0. The van der Waals surface area contributed by atoms with Gasteiger partial charge in [-0.15, -0.1) is 0 Å². The second-order valence-electron chi connectivity index (χ2n) is 7.85. The minimum atomic E-state index is -0.964. The van der Waals surface area contributed by atoms with E-state index in [9.17, 15) is 15.3 Å². The van der Waals surface area contributed by atoms with Crippen molar-refractivity contribution in [2.45, 2.75) is 59.0 Å². The molecule has 22 heavy (non-hydrogen) atoms. The molecule has 0 bridgehead atoms. The fourth-order valence-corrected chi connectivity index (χ4v) is 4.90. The van der Waals surface area contributed by atoms with E-state index in [-0.39, 0.29) is 24.0 Å². The average Bonchev–Trinajstić information content (AvgIpc) is 2.51.